The summed E-state index contributed by atoms with van der Waals surface area (Å²) in [5.41, 5.74) is 1.74. The lowest BCUT2D eigenvalue weighted by Gasteiger charge is -2.43. The van der Waals surface area contributed by atoms with Gasteiger partial charge in [0.15, 0.2) is 5.82 Å². The van der Waals surface area contributed by atoms with Crippen LogP contribution in [0.1, 0.15) is 25.2 Å². The number of aryl methyl sites for hydroxylation is 2. The van der Waals surface area contributed by atoms with Crippen molar-refractivity contribution in [2.24, 2.45) is 0 Å². The van der Waals surface area contributed by atoms with Crippen molar-refractivity contribution in [1.82, 2.24) is 19.7 Å². The molecule has 24 heavy (non-hydrogen) atoms. The first-order valence-corrected chi connectivity index (χ1v) is 8.15. The van der Waals surface area contributed by atoms with Crippen molar-refractivity contribution < 1.29 is 9.47 Å². The summed E-state index contributed by atoms with van der Waals surface area (Å²) in [5, 5.41) is 4.49. The molecule has 2 aromatic rings. The van der Waals surface area contributed by atoms with Crippen molar-refractivity contribution >= 4 is 5.82 Å². The molecule has 0 spiro atoms. The van der Waals surface area contributed by atoms with Gasteiger partial charge < -0.3 is 14.4 Å². The molecule has 0 saturated carbocycles. The summed E-state index contributed by atoms with van der Waals surface area (Å²) >= 11 is 0. The fourth-order valence-electron chi connectivity index (χ4n) is 3.20. The first-order valence-electron chi connectivity index (χ1n) is 8.15. The lowest BCUT2D eigenvalue weighted by molar-refractivity contribution is -0.106. The summed E-state index contributed by atoms with van der Waals surface area (Å²) in [4.78, 5) is 11.3. The molecule has 2 aromatic heterocycles. The second-order valence-electron chi connectivity index (χ2n) is 6.91. The van der Waals surface area contributed by atoms with E-state index in [-0.39, 0.29) is 11.7 Å². The molecule has 0 bridgehead atoms. The monoisotopic (exact) mass is 331 g/mol. The van der Waals surface area contributed by atoms with Crippen LogP contribution < -0.4 is 4.90 Å². The lowest BCUT2D eigenvalue weighted by atomic mass is 10.1. The number of hydrogen-bond acceptors (Lipinski definition) is 6. The summed E-state index contributed by atoms with van der Waals surface area (Å²) < 4.78 is 13.2. The summed E-state index contributed by atoms with van der Waals surface area (Å²) in [7, 11) is 1.69. The Bertz CT molecular complexity index is 713. The molecule has 3 heterocycles. The van der Waals surface area contributed by atoms with Gasteiger partial charge in [0.2, 0.25) is 0 Å². The van der Waals surface area contributed by atoms with Gasteiger partial charge in [-0.2, -0.15) is 5.10 Å². The summed E-state index contributed by atoms with van der Waals surface area (Å²) in [5.74, 6) is 1.56. The van der Waals surface area contributed by atoms with Crippen molar-refractivity contribution in [1.29, 1.82) is 0 Å². The fraction of sp³-hybridized carbons (Fsp3) is 0.588. The smallest absolute Gasteiger partial charge is 0.174 e. The molecule has 130 valence electrons. The second-order valence-corrected chi connectivity index (χ2v) is 6.91. The topological polar surface area (TPSA) is 65.3 Å². The zero-order chi connectivity index (χ0) is 17.3. The number of morpholine rings is 1. The number of ether oxygens (including phenoxy) is 2. The highest BCUT2D eigenvalue weighted by molar-refractivity contribution is 5.41. The first-order chi connectivity index (χ1) is 11.4. The van der Waals surface area contributed by atoms with Gasteiger partial charge in [-0.3, -0.25) is 4.98 Å². The molecule has 1 aliphatic rings. The molecule has 1 saturated heterocycles. The predicted molar refractivity (Wildman–Crippen MR) is 91.7 cm³/mol. The third-order valence-corrected chi connectivity index (χ3v) is 3.99. The minimum Gasteiger partial charge on any atom is -0.382 e. The lowest BCUT2D eigenvalue weighted by Crippen LogP contribution is -2.54. The maximum Gasteiger partial charge on any atom is 0.174 e. The molecule has 0 N–H and O–H groups in total. The third kappa shape index (κ3) is 3.57. The van der Waals surface area contributed by atoms with Crippen molar-refractivity contribution in [3.05, 3.63) is 29.8 Å². The van der Waals surface area contributed by atoms with E-state index >= 15 is 0 Å². The van der Waals surface area contributed by atoms with Gasteiger partial charge >= 0.3 is 0 Å². The Morgan fingerprint density at radius 2 is 2.04 bits per heavy atom. The molecule has 1 unspecified atom stereocenters. The summed E-state index contributed by atoms with van der Waals surface area (Å²) in [6.07, 6.45) is 3.54. The van der Waals surface area contributed by atoms with E-state index < -0.39 is 0 Å². The second kappa shape index (κ2) is 6.49. The normalized spacial score (nSPS) is 20.4. The maximum absolute atomic E-state index is 6.07. The SMILES string of the molecule is COCC1CN(c2cncc(-n3nc(C)cc3C)n2)CC(C)(C)O1. The summed E-state index contributed by atoms with van der Waals surface area (Å²) in [6, 6.07) is 2.03. The Morgan fingerprint density at radius 1 is 1.29 bits per heavy atom. The van der Waals surface area contributed by atoms with Crippen molar-refractivity contribution in [3.63, 3.8) is 0 Å². The minimum atomic E-state index is -0.267. The molecule has 1 atom stereocenters. The average Bonchev–Trinajstić information content (AvgIpc) is 2.85. The van der Waals surface area contributed by atoms with Crippen LogP contribution in [0.2, 0.25) is 0 Å². The molecular weight excluding hydrogens is 306 g/mol. The largest absolute Gasteiger partial charge is 0.382 e. The van der Waals surface area contributed by atoms with E-state index in [0.717, 1.165) is 36.1 Å². The van der Waals surface area contributed by atoms with Crippen LogP contribution in [0.4, 0.5) is 5.82 Å². The third-order valence-electron chi connectivity index (χ3n) is 3.99. The van der Waals surface area contributed by atoms with E-state index in [1.54, 1.807) is 19.5 Å². The molecule has 0 aliphatic carbocycles. The zero-order valence-corrected chi connectivity index (χ0v) is 15.0. The van der Waals surface area contributed by atoms with Crippen LogP contribution in [0.5, 0.6) is 0 Å². The number of hydrogen-bond donors (Lipinski definition) is 0. The molecule has 0 amide bonds. The molecule has 7 nitrogen and oxygen atoms in total. The van der Waals surface area contributed by atoms with Crippen LogP contribution in [0.25, 0.3) is 5.82 Å². The van der Waals surface area contributed by atoms with E-state index in [2.05, 4.69) is 28.8 Å². The molecule has 1 aliphatic heterocycles. The highest BCUT2D eigenvalue weighted by atomic mass is 16.5. The van der Waals surface area contributed by atoms with E-state index in [1.807, 2.05) is 24.6 Å². The van der Waals surface area contributed by atoms with Gasteiger partial charge in [-0.15, -0.1) is 0 Å². The van der Waals surface area contributed by atoms with Gasteiger partial charge in [-0.05, 0) is 33.8 Å². The van der Waals surface area contributed by atoms with Crippen LogP contribution in [0.15, 0.2) is 18.5 Å². The van der Waals surface area contributed by atoms with Crippen LogP contribution in [-0.2, 0) is 9.47 Å². The molecule has 3 rings (SSSR count). The van der Waals surface area contributed by atoms with Gasteiger partial charge in [0.05, 0.1) is 36.4 Å². The minimum absolute atomic E-state index is 0.0119. The fourth-order valence-corrected chi connectivity index (χ4v) is 3.20. The number of nitrogens with zero attached hydrogens (tertiary/aromatic N) is 5. The average molecular weight is 331 g/mol. The maximum atomic E-state index is 6.07. The van der Waals surface area contributed by atoms with Gasteiger partial charge in [0.1, 0.15) is 5.82 Å². The van der Waals surface area contributed by atoms with E-state index in [1.165, 1.54) is 0 Å². The Balaban J connectivity index is 1.89. The summed E-state index contributed by atoms with van der Waals surface area (Å²) in [6.45, 7) is 10.2. The van der Waals surface area contributed by atoms with Crippen molar-refractivity contribution in [2.45, 2.75) is 39.4 Å². The highest BCUT2D eigenvalue weighted by Gasteiger charge is 2.34. The number of anilines is 1. The zero-order valence-electron chi connectivity index (χ0n) is 15.0. The molecule has 0 aromatic carbocycles. The van der Waals surface area contributed by atoms with E-state index in [0.29, 0.717) is 6.61 Å². The number of rotatable bonds is 4. The van der Waals surface area contributed by atoms with E-state index in [4.69, 9.17) is 14.5 Å². The van der Waals surface area contributed by atoms with Gasteiger partial charge in [0.25, 0.3) is 0 Å². The Morgan fingerprint density at radius 3 is 2.71 bits per heavy atom. The van der Waals surface area contributed by atoms with Crippen LogP contribution in [0.3, 0.4) is 0 Å². The van der Waals surface area contributed by atoms with Gasteiger partial charge in [0, 0.05) is 25.9 Å². The standard InChI is InChI=1S/C17H25N5O2/c1-12-6-13(2)22(20-12)16-8-18-7-15(19-16)21-9-14(10-23-5)24-17(3,4)11-21/h6-8,14H,9-11H2,1-5H3. The molecular formula is C17H25N5O2. The molecule has 1 fully saturated rings. The Labute approximate surface area is 142 Å². The quantitative estimate of drug-likeness (QED) is 0.853. The van der Waals surface area contributed by atoms with Crippen molar-refractivity contribution in [3.8, 4) is 5.82 Å². The predicted octanol–water partition coefficient (Wildman–Crippen LogP) is 1.91. The van der Waals surface area contributed by atoms with Crippen LogP contribution in [-0.4, -0.2) is 58.3 Å². The first kappa shape index (κ1) is 16.9. The Kier molecular flexibility index (Phi) is 4.56. The number of aromatic nitrogens is 4. The molecule has 7 heteroatoms. The van der Waals surface area contributed by atoms with E-state index in [9.17, 15) is 0 Å². The molecule has 0 radical (unpaired) electrons. The van der Waals surface area contributed by atoms with Crippen LogP contribution in [0, 0.1) is 13.8 Å². The van der Waals surface area contributed by atoms with Crippen molar-refractivity contribution in [2.75, 3.05) is 31.7 Å². The highest BCUT2D eigenvalue weighted by Crippen LogP contribution is 2.25. The van der Waals surface area contributed by atoms with Crippen LogP contribution >= 0.6 is 0 Å². The Hall–Kier alpha value is -1.99. The number of methoxy groups -OCH3 is 1. The van der Waals surface area contributed by atoms with Gasteiger partial charge in [-0.25, -0.2) is 9.67 Å². The van der Waals surface area contributed by atoms with Gasteiger partial charge in [-0.1, -0.05) is 0 Å².